The number of amides is 1. The van der Waals surface area contributed by atoms with Gasteiger partial charge in [0.05, 0.1) is 17.6 Å². The number of carbonyl (C=O) groups excluding carboxylic acids is 1. The Balaban J connectivity index is 1.64. The van der Waals surface area contributed by atoms with Crippen LogP contribution in [0.15, 0.2) is 70.6 Å². The predicted molar refractivity (Wildman–Crippen MR) is 104 cm³/mol. The molecule has 0 saturated heterocycles. The van der Waals surface area contributed by atoms with Crippen LogP contribution in [0, 0.1) is 5.82 Å². The van der Waals surface area contributed by atoms with E-state index in [1.165, 1.54) is 40.9 Å². The highest BCUT2D eigenvalue weighted by molar-refractivity contribution is 7.98. The molecule has 3 rings (SSSR count). The van der Waals surface area contributed by atoms with Crippen molar-refractivity contribution in [1.29, 1.82) is 0 Å². The maximum atomic E-state index is 13.0. The molecule has 0 unspecified atom stereocenters. The fourth-order valence-electron chi connectivity index (χ4n) is 2.59. The Morgan fingerprint density at radius 1 is 1.19 bits per heavy atom. The van der Waals surface area contributed by atoms with Crippen molar-refractivity contribution in [1.82, 2.24) is 14.9 Å². The van der Waals surface area contributed by atoms with Gasteiger partial charge in [0.15, 0.2) is 0 Å². The Bertz CT molecular complexity index is 1000. The molecule has 2 aromatic carbocycles. The summed E-state index contributed by atoms with van der Waals surface area (Å²) in [7, 11) is 0. The molecular formula is C20H18FN3O2S. The second kappa shape index (κ2) is 8.64. The number of aromatic nitrogens is 2. The molecule has 0 aliphatic heterocycles. The summed E-state index contributed by atoms with van der Waals surface area (Å²) < 4.78 is 14.4. The molecule has 0 bridgehead atoms. The first-order valence-electron chi connectivity index (χ1n) is 8.32. The summed E-state index contributed by atoms with van der Waals surface area (Å²) >= 11 is 1.51. The van der Waals surface area contributed by atoms with Crippen molar-refractivity contribution in [2.75, 3.05) is 12.8 Å². The van der Waals surface area contributed by atoms with Crippen molar-refractivity contribution in [2.24, 2.45) is 0 Å². The van der Waals surface area contributed by atoms with Crippen LogP contribution in [0.25, 0.3) is 11.3 Å². The zero-order chi connectivity index (χ0) is 19.2. The van der Waals surface area contributed by atoms with Crippen LogP contribution in [-0.4, -0.2) is 28.3 Å². The van der Waals surface area contributed by atoms with Gasteiger partial charge >= 0.3 is 0 Å². The third kappa shape index (κ3) is 4.62. The minimum Gasteiger partial charge on any atom is -0.350 e. The molecule has 1 aromatic heterocycles. The van der Waals surface area contributed by atoms with Crippen molar-refractivity contribution in [3.05, 3.63) is 82.7 Å². The molecule has 7 heteroatoms. The molecule has 1 amide bonds. The predicted octanol–water partition coefficient (Wildman–Crippen LogP) is 3.20. The van der Waals surface area contributed by atoms with E-state index in [0.717, 1.165) is 4.90 Å². The van der Waals surface area contributed by atoms with E-state index in [-0.39, 0.29) is 17.3 Å². The van der Waals surface area contributed by atoms with E-state index in [1.807, 2.05) is 24.5 Å². The average molecular weight is 383 g/mol. The molecule has 0 radical (unpaired) electrons. The number of rotatable bonds is 6. The Labute approximate surface area is 160 Å². The van der Waals surface area contributed by atoms with Gasteiger partial charge in [-0.1, -0.05) is 12.1 Å². The van der Waals surface area contributed by atoms with Crippen LogP contribution in [0.1, 0.15) is 10.4 Å². The first-order chi connectivity index (χ1) is 13.1. The lowest BCUT2D eigenvalue weighted by Gasteiger charge is -2.10. The zero-order valence-corrected chi connectivity index (χ0v) is 15.5. The van der Waals surface area contributed by atoms with Crippen LogP contribution in [0.4, 0.5) is 4.39 Å². The third-order valence-corrected chi connectivity index (χ3v) is 4.81. The number of nitrogens with zero attached hydrogens (tertiary/aromatic N) is 2. The number of halogens is 1. The van der Waals surface area contributed by atoms with E-state index in [1.54, 1.807) is 18.2 Å². The SMILES string of the molecule is CSc1ccccc1C(=O)NCCn1cnc(-c2ccc(F)cc2)cc1=O. The number of carbonyl (C=O) groups is 1. The van der Waals surface area contributed by atoms with Crippen LogP contribution in [-0.2, 0) is 6.54 Å². The summed E-state index contributed by atoms with van der Waals surface area (Å²) in [6.45, 7) is 0.613. The topological polar surface area (TPSA) is 64.0 Å². The second-order valence-electron chi connectivity index (χ2n) is 5.77. The van der Waals surface area contributed by atoms with Crippen molar-refractivity contribution in [3.63, 3.8) is 0 Å². The van der Waals surface area contributed by atoms with Gasteiger partial charge in [-0.15, -0.1) is 11.8 Å². The highest BCUT2D eigenvalue weighted by Crippen LogP contribution is 2.19. The first-order valence-corrected chi connectivity index (χ1v) is 9.54. The Morgan fingerprint density at radius 2 is 1.93 bits per heavy atom. The molecule has 0 aliphatic rings. The molecule has 0 fully saturated rings. The minimum atomic E-state index is -0.342. The van der Waals surface area contributed by atoms with Gasteiger partial charge in [0.25, 0.3) is 11.5 Å². The Hall–Kier alpha value is -2.93. The van der Waals surface area contributed by atoms with Gasteiger partial charge in [-0.25, -0.2) is 9.37 Å². The number of benzene rings is 2. The molecule has 5 nitrogen and oxygen atoms in total. The van der Waals surface area contributed by atoms with Gasteiger partial charge < -0.3 is 5.32 Å². The number of hydrogen-bond donors (Lipinski definition) is 1. The highest BCUT2D eigenvalue weighted by atomic mass is 32.2. The van der Waals surface area contributed by atoms with E-state index >= 15 is 0 Å². The summed E-state index contributed by atoms with van der Waals surface area (Å²) in [5.74, 6) is -0.519. The number of thioether (sulfide) groups is 1. The second-order valence-corrected chi connectivity index (χ2v) is 6.62. The van der Waals surface area contributed by atoms with Crippen LogP contribution < -0.4 is 10.9 Å². The summed E-state index contributed by atoms with van der Waals surface area (Å²) in [4.78, 5) is 29.7. The standard InChI is InChI=1S/C20H18FN3O2S/c1-27-18-5-3-2-4-16(18)20(26)22-10-11-24-13-23-17(12-19(24)25)14-6-8-15(21)9-7-14/h2-9,12-13H,10-11H2,1H3,(H,22,26). The van der Waals surface area contributed by atoms with E-state index < -0.39 is 0 Å². The summed E-state index contributed by atoms with van der Waals surface area (Å²) in [6, 6.07) is 14.6. The molecule has 27 heavy (non-hydrogen) atoms. The van der Waals surface area contributed by atoms with Crippen molar-refractivity contribution in [3.8, 4) is 11.3 Å². The van der Waals surface area contributed by atoms with Crippen LogP contribution in [0.3, 0.4) is 0 Å². The smallest absolute Gasteiger partial charge is 0.253 e. The summed E-state index contributed by atoms with van der Waals surface area (Å²) in [5.41, 5.74) is 1.53. The lowest BCUT2D eigenvalue weighted by molar-refractivity contribution is 0.0949. The highest BCUT2D eigenvalue weighted by Gasteiger charge is 2.10. The van der Waals surface area contributed by atoms with Gasteiger partial charge in [0, 0.05) is 29.6 Å². The average Bonchev–Trinajstić information content (AvgIpc) is 2.69. The Kier molecular flexibility index (Phi) is 6.03. The van der Waals surface area contributed by atoms with Crippen molar-refractivity contribution < 1.29 is 9.18 Å². The molecule has 0 saturated carbocycles. The Morgan fingerprint density at radius 3 is 2.63 bits per heavy atom. The van der Waals surface area contributed by atoms with E-state index in [2.05, 4.69) is 10.3 Å². The van der Waals surface area contributed by atoms with Gasteiger partial charge in [-0.3, -0.25) is 14.2 Å². The lowest BCUT2D eigenvalue weighted by Crippen LogP contribution is -2.31. The van der Waals surface area contributed by atoms with Crippen LogP contribution in [0.2, 0.25) is 0 Å². The molecule has 0 atom stereocenters. The fourth-order valence-corrected chi connectivity index (χ4v) is 3.19. The van der Waals surface area contributed by atoms with Crippen LogP contribution >= 0.6 is 11.8 Å². The van der Waals surface area contributed by atoms with Gasteiger partial charge in [-0.2, -0.15) is 0 Å². The van der Waals surface area contributed by atoms with E-state index in [4.69, 9.17) is 0 Å². The molecule has 0 aliphatic carbocycles. The normalized spacial score (nSPS) is 10.6. The van der Waals surface area contributed by atoms with Crippen LogP contribution in [0.5, 0.6) is 0 Å². The zero-order valence-electron chi connectivity index (χ0n) is 14.7. The molecular weight excluding hydrogens is 365 g/mol. The number of nitrogens with one attached hydrogen (secondary N) is 1. The van der Waals surface area contributed by atoms with Gasteiger partial charge in [0.1, 0.15) is 5.82 Å². The maximum Gasteiger partial charge on any atom is 0.253 e. The molecule has 1 N–H and O–H groups in total. The monoisotopic (exact) mass is 383 g/mol. The lowest BCUT2D eigenvalue weighted by atomic mass is 10.1. The van der Waals surface area contributed by atoms with Gasteiger partial charge in [0.2, 0.25) is 0 Å². The summed E-state index contributed by atoms with van der Waals surface area (Å²) in [6.07, 6.45) is 3.35. The fraction of sp³-hybridized carbons (Fsp3) is 0.150. The molecule has 138 valence electrons. The number of hydrogen-bond acceptors (Lipinski definition) is 4. The first kappa shape index (κ1) is 18.8. The minimum absolute atomic E-state index is 0.177. The third-order valence-electron chi connectivity index (χ3n) is 4.01. The molecule has 0 spiro atoms. The molecule has 3 aromatic rings. The van der Waals surface area contributed by atoms with E-state index in [0.29, 0.717) is 29.9 Å². The molecule has 1 heterocycles. The van der Waals surface area contributed by atoms with E-state index in [9.17, 15) is 14.0 Å². The summed E-state index contributed by atoms with van der Waals surface area (Å²) in [5, 5.41) is 2.82. The largest absolute Gasteiger partial charge is 0.350 e. The quantitative estimate of drug-likeness (QED) is 0.664. The maximum absolute atomic E-state index is 13.0. The van der Waals surface area contributed by atoms with Crippen molar-refractivity contribution in [2.45, 2.75) is 11.4 Å². The van der Waals surface area contributed by atoms with Crippen molar-refractivity contribution >= 4 is 17.7 Å². The van der Waals surface area contributed by atoms with Gasteiger partial charge in [-0.05, 0) is 42.7 Å².